The van der Waals surface area contributed by atoms with Crippen molar-refractivity contribution in [2.24, 2.45) is 15.9 Å². The molecule has 168 valence electrons. The van der Waals surface area contributed by atoms with Crippen LogP contribution in [0.15, 0.2) is 45.6 Å². The Hall–Kier alpha value is -3.03. The van der Waals surface area contributed by atoms with Gasteiger partial charge in [0.1, 0.15) is 17.4 Å². The standard InChI is InChI=1S/C24H31N7O/c1-15-28-22(16-5-6-16)13-30(15)20-9-10-27-21(12-20)24(32)29-18-4-2-3-17(11-18)23(26)31(14-25)19-7-8-19/h2-4,12,14,16,18-19,22,25-26H,5-11,13H2,1H3,(H,29,32). The number of hydrogen-bond donors (Lipinski definition) is 3. The van der Waals surface area contributed by atoms with Gasteiger partial charge in [-0.15, -0.1) is 0 Å². The number of carbonyl (C=O) groups excluding carboxylic acids is 1. The summed E-state index contributed by atoms with van der Waals surface area (Å²) in [7, 11) is 0. The number of nitrogens with zero attached hydrogens (tertiary/aromatic N) is 4. The van der Waals surface area contributed by atoms with Crippen LogP contribution in [-0.2, 0) is 4.79 Å². The number of aliphatic imine (C=N–C) groups is 2. The lowest BCUT2D eigenvalue weighted by molar-refractivity contribution is -0.115. The van der Waals surface area contributed by atoms with Gasteiger partial charge in [-0.05, 0) is 56.6 Å². The van der Waals surface area contributed by atoms with Crippen molar-refractivity contribution in [1.82, 2.24) is 15.1 Å². The highest BCUT2D eigenvalue weighted by molar-refractivity contribution is 6.43. The van der Waals surface area contributed by atoms with E-state index in [9.17, 15) is 4.79 Å². The molecule has 5 aliphatic rings. The fourth-order valence-electron chi connectivity index (χ4n) is 4.71. The molecule has 32 heavy (non-hydrogen) atoms. The summed E-state index contributed by atoms with van der Waals surface area (Å²) in [4.78, 5) is 26.3. The lowest BCUT2D eigenvalue weighted by Crippen LogP contribution is -2.41. The van der Waals surface area contributed by atoms with E-state index < -0.39 is 0 Å². The number of allylic oxidation sites excluding steroid dienone is 2. The first-order valence-corrected chi connectivity index (χ1v) is 11.7. The van der Waals surface area contributed by atoms with E-state index in [4.69, 9.17) is 15.8 Å². The molecule has 2 heterocycles. The van der Waals surface area contributed by atoms with Crippen LogP contribution in [0.4, 0.5) is 0 Å². The third-order valence-electron chi connectivity index (χ3n) is 6.85. The molecule has 3 N–H and O–H groups in total. The molecular formula is C24H31N7O. The molecule has 0 aromatic heterocycles. The number of dihydropyridines is 1. The summed E-state index contributed by atoms with van der Waals surface area (Å²) < 4.78 is 0. The van der Waals surface area contributed by atoms with Gasteiger partial charge in [-0.1, -0.05) is 18.2 Å². The van der Waals surface area contributed by atoms with Crippen LogP contribution >= 0.6 is 0 Å². The summed E-state index contributed by atoms with van der Waals surface area (Å²) in [6.07, 6.45) is 14.9. The molecule has 2 saturated carbocycles. The molecule has 0 bridgehead atoms. The summed E-state index contributed by atoms with van der Waals surface area (Å²) in [5.74, 6) is 1.96. The minimum absolute atomic E-state index is 0.178. The van der Waals surface area contributed by atoms with E-state index in [2.05, 4.69) is 22.1 Å². The first kappa shape index (κ1) is 20.8. The number of rotatable bonds is 7. The zero-order valence-electron chi connectivity index (χ0n) is 18.6. The first-order chi connectivity index (χ1) is 15.5. The molecule has 1 amide bonds. The van der Waals surface area contributed by atoms with Crippen molar-refractivity contribution in [2.75, 3.05) is 13.1 Å². The summed E-state index contributed by atoms with van der Waals surface area (Å²) in [6.45, 7) is 3.59. The molecule has 0 aromatic rings. The van der Waals surface area contributed by atoms with Crippen LogP contribution in [0.1, 0.15) is 45.4 Å². The van der Waals surface area contributed by atoms with Crippen molar-refractivity contribution in [3.05, 3.63) is 35.6 Å². The Balaban J connectivity index is 1.20. The third-order valence-corrected chi connectivity index (χ3v) is 6.85. The van der Waals surface area contributed by atoms with Gasteiger partial charge in [0, 0.05) is 31.2 Å². The quantitative estimate of drug-likeness (QED) is 0.424. The maximum atomic E-state index is 13.0. The minimum Gasteiger partial charge on any atom is -0.344 e. The van der Waals surface area contributed by atoms with Gasteiger partial charge < -0.3 is 15.1 Å². The molecule has 5 rings (SSSR count). The van der Waals surface area contributed by atoms with Crippen molar-refractivity contribution < 1.29 is 4.79 Å². The Labute approximate surface area is 188 Å². The predicted octanol–water partition coefficient (Wildman–Crippen LogP) is 2.65. The number of carbonyl (C=O) groups is 1. The van der Waals surface area contributed by atoms with Crippen molar-refractivity contribution in [2.45, 2.75) is 63.6 Å². The molecule has 3 aliphatic carbocycles. The maximum absolute atomic E-state index is 13.0. The molecule has 0 radical (unpaired) electrons. The van der Waals surface area contributed by atoms with Crippen LogP contribution in [0.25, 0.3) is 0 Å². The molecular weight excluding hydrogens is 402 g/mol. The Morgan fingerprint density at radius 2 is 2.12 bits per heavy atom. The van der Waals surface area contributed by atoms with E-state index in [1.165, 1.54) is 19.2 Å². The molecule has 2 unspecified atom stereocenters. The van der Waals surface area contributed by atoms with Crippen LogP contribution in [0.2, 0.25) is 0 Å². The minimum atomic E-state index is -0.189. The zero-order valence-corrected chi connectivity index (χ0v) is 18.6. The Kier molecular flexibility index (Phi) is 5.53. The van der Waals surface area contributed by atoms with E-state index in [0.29, 0.717) is 30.6 Å². The van der Waals surface area contributed by atoms with E-state index in [1.807, 2.05) is 24.3 Å². The molecule has 0 saturated heterocycles. The Morgan fingerprint density at radius 1 is 1.31 bits per heavy atom. The highest BCUT2D eigenvalue weighted by atomic mass is 16.1. The third kappa shape index (κ3) is 4.31. The normalized spacial score (nSPS) is 27.2. The smallest absolute Gasteiger partial charge is 0.269 e. The average molecular weight is 434 g/mol. The molecule has 8 nitrogen and oxygen atoms in total. The van der Waals surface area contributed by atoms with Gasteiger partial charge in [-0.25, -0.2) is 0 Å². The second kappa shape index (κ2) is 8.48. The van der Waals surface area contributed by atoms with Crippen LogP contribution < -0.4 is 5.32 Å². The van der Waals surface area contributed by atoms with Crippen molar-refractivity contribution in [1.29, 1.82) is 10.8 Å². The van der Waals surface area contributed by atoms with Crippen LogP contribution in [-0.4, -0.2) is 70.6 Å². The SMILES string of the molecule is CC1=NC(C2CC2)CN1C1=CC(C(=O)NC2C=CC=C(C(=N)N(C=N)C3CC3)C2)=NCC1. The van der Waals surface area contributed by atoms with Crippen molar-refractivity contribution in [3.8, 4) is 0 Å². The summed E-state index contributed by atoms with van der Waals surface area (Å²) >= 11 is 0. The van der Waals surface area contributed by atoms with Crippen LogP contribution in [0.5, 0.6) is 0 Å². The highest BCUT2D eigenvalue weighted by Gasteiger charge is 2.37. The monoisotopic (exact) mass is 433 g/mol. The van der Waals surface area contributed by atoms with Gasteiger partial charge >= 0.3 is 0 Å². The van der Waals surface area contributed by atoms with E-state index in [1.54, 1.807) is 4.90 Å². The van der Waals surface area contributed by atoms with Gasteiger partial charge in [-0.3, -0.25) is 25.6 Å². The molecule has 0 aromatic carbocycles. The van der Waals surface area contributed by atoms with Gasteiger partial charge in [-0.2, -0.15) is 0 Å². The van der Waals surface area contributed by atoms with E-state index in [-0.39, 0.29) is 18.0 Å². The van der Waals surface area contributed by atoms with E-state index >= 15 is 0 Å². The largest absolute Gasteiger partial charge is 0.344 e. The van der Waals surface area contributed by atoms with Gasteiger partial charge in [0.05, 0.1) is 18.4 Å². The Bertz CT molecular complexity index is 980. The second-order valence-electron chi connectivity index (χ2n) is 9.32. The lowest BCUT2D eigenvalue weighted by Gasteiger charge is -2.27. The Morgan fingerprint density at radius 3 is 2.84 bits per heavy atom. The number of amidine groups is 2. The van der Waals surface area contributed by atoms with Gasteiger partial charge in [0.15, 0.2) is 0 Å². The topological polar surface area (TPSA) is 108 Å². The van der Waals surface area contributed by atoms with Crippen LogP contribution in [0.3, 0.4) is 0 Å². The second-order valence-corrected chi connectivity index (χ2v) is 9.32. The zero-order chi connectivity index (χ0) is 22.2. The van der Waals surface area contributed by atoms with E-state index in [0.717, 1.165) is 48.8 Å². The summed E-state index contributed by atoms with van der Waals surface area (Å²) in [6, 6.07) is 0.485. The first-order valence-electron chi connectivity index (χ1n) is 11.7. The molecule has 0 spiro atoms. The average Bonchev–Trinajstić information content (AvgIpc) is 3.73. The predicted molar refractivity (Wildman–Crippen MR) is 126 cm³/mol. The number of amides is 1. The number of nitrogens with one attached hydrogen (secondary N) is 3. The molecule has 2 aliphatic heterocycles. The fourth-order valence-corrected chi connectivity index (χ4v) is 4.71. The number of hydrogen-bond acceptors (Lipinski definition) is 6. The maximum Gasteiger partial charge on any atom is 0.269 e. The fraction of sp³-hybridized carbons (Fsp3) is 0.542. The lowest BCUT2D eigenvalue weighted by atomic mass is 9.98. The summed E-state index contributed by atoms with van der Waals surface area (Å²) in [5, 5.41) is 19.2. The molecule has 2 fully saturated rings. The van der Waals surface area contributed by atoms with Crippen LogP contribution in [0, 0.1) is 16.7 Å². The van der Waals surface area contributed by atoms with Gasteiger partial charge in [0.25, 0.3) is 5.91 Å². The highest BCUT2D eigenvalue weighted by Crippen LogP contribution is 2.37. The van der Waals surface area contributed by atoms with Gasteiger partial charge in [0.2, 0.25) is 0 Å². The molecule has 2 atom stereocenters. The van der Waals surface area contributed by atoms with Crippen molar-refractivity contribution in [3.63, 3.8) is 0 Å². The van der Waals surface area contributed by atoms with Crippen molar-refractivity contribution >= 4 is 29.6 Å². The summed E-state index contributed by atoms with van der Waals surface area (Å²) in [5.41, 5.74) is 2.43. The molecule has 8 heteroatoms.